The maximum absolute atomic E-state index is 11.1. The fraction of sp³-hybridized carbons (Fsp3) is 0.667. The van der Waals surface area contributed by atoms with Gasteiger partial charge in [-0.05, 0) is 0 Å². The van der Waals surface area contributed by atoms with Crippen molar-refractivity contribution in [2.24, 2.45) is 5.92 Å². The van der Waals surface area contributed by atoms with E-state index in [4.69, 9.17) is 4.74 Å². The van der Waals surface area contributed by atoms with Crippen molar-refractivity contribution in [3.8, 4) is 0 Å². The van der Waals surface area contributed by atoms with Crippen molar-refractivity contribution in [3.63, 3.8) is 0 Å². The maximum Gasteiger partial charge on any atom is 0.333 e. The lowest BCUT2D eigenvalue weighted by atomic mass is 9.92. The molecule has 0 aromatic heterocycles. The molecule has 2 rings (SSSR count). The molecule has 0 radical (unpaired) electrons. The third kappa shape index (κ3) is 1.14. The van der Waals surface area contributed by atoms with Gasteiger partial charge in [0.15, 0.2) is 0 Å². The second-order valence-electron chi connectivity index (χ2n) is 3.39. The van der Waals surface area contributed by atoms with Crippen LogP contribution in [0.3, 0.4) is 0 Å². The Balaban J connectivity index is 2.11. The van der Waals surface area contributed by atoms with Gasteiger partial charge in [-0.3, -0.25) is 0 Å². The van der Waals surface area contributed by atoms with Crippen LogP contribution in [0, 0.1) is 5.92 Å². The molecule has 3 nitrogen and oxygen atoms in total. The molecule has 0 aromatic carbocycles. The summed E-state index contributed by atoms with van der Waals surface area (Å²) in [5.41, 5.74) is 0.767. The Labute approximate surface area is 71.3 Å². The molecule has 1 saturated heterocycles. The van der Waals surface area contributed by atoms with E-state index in [1.54, 1.807) is 0 Å². The van der Waals surface area contributed by atoms with Crippen molar-refractivity contribution in [2.45, 2.75) is 25.6 Å². The van der Waals surface area contributed by atoms with E-state index >= 15 is 0 Å². The third-order valence-electron chi connectivity index (χ3n) is 2.47. The first-order valence-corrected chi connectivity index (χ1v) is 4.17. The topological polar surface area (TPSA) is 38.8 Å². The lowest BCUT2D eigenvalue weighted by Crippen LogP contribution is -2.17. The van der Waals surface area contributed by atoms with Crippen LogP contribution in [0.2, 0.25) is 0 Å². The van der Waals surface area contributed by atoms with E-state index in [-0.39, 0.29) is 12.1 Å². The Morgan fingerprint density at radius 2 is 2.50 bits per heavy atom. The van der Waals surface area contributed by atoms with Gasteiger partial charge in [-0.25, -0.2) is 4.79 Å². The summed E-state index contributed by atoms with van der Waals surface area (Å²) in [6, 6.07) is 0. The zero-order valence-corrected chi connectivity index (χ0v) is 7.24. The number of carbonyl (C=O) groups is 1. The SMILES string of the molecule is COC(=O)C1=C[C@@H](C)[C@H]2O[C@H]2C1. The first-order chi connectivity index (χ1) is 5.72. The van der Waals surface area contributed by atoms with Crippen molar-refractivity contribution in [2.75, 3.05) is 7.11 Å². The van der Waals surface area contributed by atoms with E-state index in [9.17, 15) is 4.79 Å². The average molecular weight is 168 g/mol. The lowest BCUT2D eigenvalue weighted by molar-refractivity contribution is -0.136. The first kappa shape index (κ1) is 7.80. The monoisotopic (exact) mass is 168 g/mol. The summed E-state index contributed by atoms with van der Waals surface area (Å²) >= 11 is 0. The Kier molecular flexibility index (Phi) is 1.68. The second kappa shape index (κ2) is 2.59. The molecule has 12 heavy (non-hydrogen) atoms. The van der Waals surface area contributed by atoms with E-state index in [1.165, 1.54) is 7.11 Å². The van der Waals surface area contributed by atoms with Crippen LogP contribution >= 0.6 is 0 Å². The van der Waals surface area contributed by atoms with Crippen LogP contribution in [0.5, 0.6) is 0 Å². The summed E-state index contributed by atoms with van der Waals surface area (Å²) in [6.45, 7) is 2.06. The molecule has 2 aliphatic rings. The van der Waals surface area contributed by atoms with Gasteiger partial charge in [-0.1, -0.05) is 13.0 Å². The van der Waals surface area contributed by atoms with Crippen LogP contribution in [-0.4, -0.2) is 25.3 Å². The molecule has 1 aliphatic carbocycles. The molecule has 0 amide bonds. The molecule has 3 atom stereocenters. The van der Waals surface area contributed by atoms with Crippen LogP contribution in [0.4, 0.5) is 0 Å². The Morgan fingerprint density at radius 3 is 3.08 bits per heavy atom. The van der Waals surface area contributed by atoms with Crippen LogP contribution in [0.1, 0.15) is 13.3 Å². The number of carbonyl (C=O) groups excluding carboxylic acids is 1. The largest absolute Gasteiger partial charge is 0.466 e. The fourth-order valence-electron chi connectivity index (χ4n) is 1.76. The molecular formula is C9H12O3. The molecule has 1 aliphatic heterocycles. The highest BCUT2D eigenvalue weighted by Crippen LogP contribution is 2.39. The highest BCUT2D eigenvalue weighted by Gasteiger charge is 2.46. The molecule has 0 unspecified atom stereocenters. The second-order valence-corrected chi connectivity index (χ2v) is 3.39. The number of epoxide rings is 1. The number of hydrogen-bond acceptors (Lipinski definition) is 3. The number of fused-ring (bicyclic) bond motifs is 1. The summed E-state index contributed by atoms with van der Waals surface area (Å²) in [5, 5.41) is 0. The van der Waals surface area contributed by atoms with Gasteiger partial charge in [-0.2, -0.15) is 0 Å². The van der Waals surface area contributed by atoms with Crippen LogP contribution in [-0.2, 0) is 14.3 Å². The van der Waals surface area contributed by atoms with Gasteiger partial charge in [0.2, 0.25) is 0 Å². The molecular weight excluding hydrogens is 156 g/mol. The molecule has 1 heterocycles. The number of esters is 1. The molecule has 0 bridgehead atoms. The van der Waals surface area contributed by atoms with E-state index < -0.39 is 0 Å². The van der Waals surface area contributed by atoms with Crippen LogP contribution in [0.15, 0.2) is 11.6 Å². The summed E-state index contributed by atoms with van der Waals surface area (Å²) in [6.07, 6.45) is 3.32. The number of hydrogen-bond donors (Lipinski definition) is 0. The fourth-order valence-corrected chi connectivity index (χ4v) is 1.76. The molecule has 66 valence electrons. The van der Waals surface area contributed by atoms with Gasteiger partial charge in [0.1, 0.15) is 0 Å². The average Bonchev–Trinajstić information content (AvgIpc) is 2.82. The van der Waals surface area contributed by atoms with Crippen LogP contribution in [0.25, 0.3) is 0 Å². The normalized spacial score (nSPS) is 38.2. The van der Waals surface area contributed by atoms with Gasteiger partial charge in [0, 0.05) is 17.9 Å². The van der Waals surface area contributed by atoms with Crippen LogP contribution < -0.4 is 0 Å². The van der Waals surface area contributed by atoms with Crippen molar-refractivity contribution >= 4 is 5.97 Å². The first-order valence-electron chi connectivity index (χ1n) is 4.17. The highest BCUT2D eigenvalue weighted by molar-refractivity contribution is 5.88. The molecule has 0 aromatic rings. The van der Waals surface area contributed by atoms with Crippen molar-refractivity contribution in [3.05, 3.63) is 11.6 Å². The third-order valence-corrected chi connectivity index (χ3v) is 2.47. The van der Waals surface area contributed by atoms with E-state index in [0.717, 1.165) is 12.0 Å². The van der Waals surface area contributed by atoms with E-state index in [2.05, 4.69) is 11.7 Å². The summed E-state index contributed by atoms with van der Waals surface area (Å²) in [4.78, 5) is 11.1. The standard InChI is InChI=1S/C9H12O3/c1-5-3-6(9(10)11-2)4-7-8(5)12-7/h3,5,7-8H,4H2,1-2H3/t5-,7+,8-/m1/s1. The number of rotatable bonds is 1. The highest BCUT2D eigenvalue weighted by atomic mass is 16.6. The Hall–Kier alpha value is -0.830. The minimum atomic E-state index is -0.212. The zero-order chi connectivity index (χ0) is 8.72. The lowest BCUT2D eigenvalue weighted by Gasteiger charge is -2.11. The number of methoxy groups -OCH3 is 1. The smallest absolute Gasteiger partial charge is 0.333 e. The summed E-state index contributed by atoms with van der Waals surface area (Å²) in [5.74, 6) is 0.147. The molecule has 0 saturated carbocycles. The van der Waals surface area contributed by atoms with Crippen molar-refractivity contribution in [1.29, 1.82) is 0 Å². The maximum atomic E-state index is 11.1. The minimum Gasteiger partial charge on any atom is -0.466 e. The van der Waals surface area contributed by atoms with Gasteiger partial charge >= 0.3 is 5.97 Å². The molecule has 1 fully saturated rings. The van der Waals surface area contributed by atoms with E-state index in [1.807, 2.05) is 6.08 Å². The van der Waals surface area contributed by atoms with Gasteiger partial charge in [0.25, 0.3) is 0 Å². The molecule has 0 N–H and O–H groups in total. The molecule has 3 heteroatoms. The Morgan fingerprint density at radius 1 is 1.75 bits per heavy atom. The predicted octanol–water partition coefficient (Wildman–Crippen LogP) is 0.893. The number of ether oxygens (including phenoxy) is 2. The summed E-state index contributed by atoms with van der Waals surface area (Å²) < 4.78 is 10.00. The Bertz CT molecular complexity index is 244. The van der Waals surface area contributed by atoms with E-state index in [0.29, 0.717) is 12.0 Å². The predicted molar refractivity (Wildman–Crippen MR) is 42.5 cm³/mol. The van der Waals surface area contributed by atoms with Crippen molar-refractivity contribution in [1.82, 2.24) is 0 Å². The zero-order valence-electron chi connectivity index (χ0n) is 7.24. The van der Waals surface area contributed by atoms with Crippen molar-refractivity contribution < 1.29 is 14.3 Å². The van der Waals surface area contributed by atoms with Gasteiger partial charge in [0.05, 0.1) is 19.3 Å². The minimum absolute atomic E-state index is 0.212. The summed E-state index contributed by atoms with van der Waals surface area (Å²) in [7, 11) is 1.41. The van der Waals surface area contributed by atoms with Gasteiger partial charge in [-0.15, -0.1) is 0 Å². The molecule has 0 spiro atoms. The quantitative estimate of drug-likeness (QED) is 0.431. The van der Waals surface area contributed by atoms with Gasteiger partial charge < -0.3 is 9.47 Å².